The molecule has 0 spiro atoms. The summed E-state index contributed by atoms with van der Waals surface area (Å²) in [6.07, 6.45) is -0.950. The lowest BCUT2D eigenvalue weighted by Gasteiger charge is -2.31. The van der Waals surface area contributed by atoms with Crippen LogP contribution in [0.15, 0.2) is 53.9 Å². The van der Waals surface area contributed by atoms with Crippen LogP contribution >= 0.6 is 23.1 Å². The van der Waals surface area contributed by atoms with Crippen molar-refractivity contribution in [3.05, 3.63) is 70.2 Å². The summed E-state index contributed by atoms with van der Waals surface area (Å²) >= 11 is 2.93. The average Bonchev–Trinajstić information content (AvgIpc) is 3.35. The van der Waals surface area contributed by atoms with E-state index in [4.69, 9.17) is 0 Å². The van der Waals surface area contributed by atoms with Gasteiger partial charge in [0.25, 0.3) is 5.91 Å². The number of amides is 2. The maximum Gasteiger partial charge on any atom is 0.416 e. The van der Waals surface area contributed by atoms with Gasteiger partial charge in [-0.1, -0.05) is 30.3 Å². The number of hydrogen-bond acceptors (Lipinski definition) is 5. The van der Waals surface area contributed by atoms with E-state index in [9.17, 15) is 22.8 Å². The number of thioether (sulfide) groups is 1. The quantitative estimate of drug-likeness (QED) is 0.424. The molecule has 2 heterocycles. The molecule has 1 saturated heterocycles. The number of likely N-dealkylation sites (tertiary alicyclic amines) is 1. The number of nitrogens with zero attached hydrogens (tertiary/aromatic N) is 2. The molecule has 1 N–H and O–H groups in total. The van der Waals surface area contributed by atoms with E-state index < -0.39 is 17.6 Å². The zero-order valence-corrected chi connectivity index (χ0v) is 20.6. The molecule has 1 aliphatic heterocycles. The van der Waals surface area contributed by atoms with Crippen LogP contribution in [-0.2, 0) is 11.0 Å². The molecule has 0 radical (unpaired) electrons. The van der Waals surface area contributed by atoms with Gasteiger partial charge >= 0.3 is 6.18 Å². The lowest BCUT2D eigenvalue weighted by Crippen LogP contribution is -2.38. The topological polar surface area (TPSA) is 62.3 Å². The van der Waals surface area contributed by atoms with Crippen molar-refractivity contribution >= 4 is 40.6 Å². The van der Waals surface area contributed by atoms with E-state index in [0.717, 1.165) is 30.0 Å². The molecule has 2 aromatic carbocycles. The fourth-order valence-corrected chi connectivity index (χ4v) is 5.46. The Morgan fingerprint density at radius 2 is 1.89 bits per heavy atom. The summed E-state index contributed by atoms with van der Waals surface area (Å²) in [5, 5.41) is 5.36. The molecule has 10 heteroatoms. The van der Waals surface area contributed by atoms with E-state index in [1.54, 1.807) is 35.7 Å². The highest BCUT2D eigenvalue weighted by Crippen LogP contribution is 2.35. The van der Waals surface area contributed by atoms with Crippen LogP contribution in [-0.4, -0.2) is 46.8 Å². The Labute approximate surface area is 209 Å². The van der Waals surface area contributed by atoms with Gasteiger partial charge in [0, 0.05) is 35.6 Å². The number of piperidine rings is 1. The third-order valence-electron chi connectivity index (χ3n) is 5.90. The van der Waals surface area contributed by atoms with Crippen LogP contribution in [0.25, 0.3) is 11.1 Å². The van der Waals surface area contributed by atoms with Gasteiger partial charge in [0.15, 0.2) is 0 Å². The van der Waals surface area contributed by atoms with Gasteiger partial charge in [-0.2, -0.15) is 24.9 Å². The third kappa shape index (κ3) is 6.05. The minimum Gasteiger partial charge on any atom is -0.342 e. The summed E-state index contributed by atoms with van der Waals surface area (Å²) in [5.41, 5.74) is 0.778. The van der Waals surface area contributed by atoms with Crippen molar-refractivity contribution < 1.29 is 22.8 Å². The SMILES string of the molecule is CSCC(=O)N1CCC(c2nc(C(=O)Nc3ccccc3-c3cccc(C(F)(F)F)c3)cs2)CC1. The number of benzene rings is 2. The highest BCUT2D eigenvalue weighted by molar-refractivity contribution is 7.99. The van der Waals surface area contributed by atoms with Gasteiger partial charge < -0.3 is 10.2 Å². The molecule has 0 atom stereocenters. The van der Waals surface area contributed by atoms with Crippen molar-refractivity contribution in [3.63, 3.8) is 0 Å². The number of nitrogens with one attached hydrogen (secondary N) is 1. The number of thiazole rings is 1. The van der Waals surface area contributed by atoms with Crippen molar-refractivity contribution in [1.29, 1.82) is 0 Å². The number of aromatic nitrogens is 1. The molecule has 35 heavy (non-hydrogen) atoms. The van der Waals surface area contributed by atoms with Gasteiger partial charge in [0.05, 0.1) is 16.3 Å². The maximum absolute atomic E-state index is 13.2. The molecule has 5 nitrogen and oxygen atoms in total. The average molecular weight is 520 g/mol. The summed E-state index contributed by atoms with van der Waals surface area (Å²) in [4.78, 5) is 31.4. The number of halogens is 3. The van der Waals surface area contributed by atoms with Crippen molar-refractivity contribution in [2.24, 2.45) is 0 Å². The van der Waals surface area contributed by atoms with E-state index in [2.05, 4.69) is 10.3 Å². The molecule has 0 saturated carbocycles. The molecule has 3 aromatic rings. The van der Waals surface area contributed by atoms with Gasteiger partial charge in [-0.15, -0.1) is 11.3 Å². The van der Waals surface area contributed by atoms with Crippen LogP contribution in [0.2, 0.25) is 0 Å². The van der Waals surface area contributed by atoms with Gasteiger partial charge in [-0.3, -0.25) is 9.59 Å². The summed E-state index contributed by atoms with van der Waals surface area (Å²) < 4.78 is 39.5. The summed E-state index contributed by atoms with van der Waals surface area (Å²) in [6.45, 7) is 1.35. The van der Waals surface area contributed by atoms with Crippen molar-refractivity contribution in [3.8, 4) is 11.1 Å². The van der Waals surface area contributed by atoms with E-state index in [1.165, 1.54) is 29.2 Å². The van der Waals surface area contributed by atoms with E-state index >= 15 is 0 Å². The molecule has 0 bridgehead atoms. The largest absolute Gasteiger partial charge is 0.416 e. The van der Waals surface area contributed by atoms with Crippen molar-refractivity contribution in [2.45, 2.75) is 24.9 Å². The zero-order valence-electron chi connectivity index (χ0n) is 19.0. The smallest absolute Gasteiger partial charge is 0.342 e. The molecule has 0 unspecified atom stereocenters. The van der Waals surface area contributed by atoms with E-state index in [0.29, 0.717) is 35.7 Å². The second-order valence-corrected chi connectivity index (χ2v) is 9.99. The number of anilines is 1. The van der Waals surface area contributed by atoms with Gasteiger partial charge in [0.2, 0.25) is 5.91 Å². The second kappa shape index (κ2) is 10.8. The predicted octanol–water partition coefficient (Wildman–Crippen LogP) is 6.15. The molecule has 1 aromatic heterocycles. The second-order valence-electron chi connectivity index (χ2n) is 8.24. The van der Waals surface area contributed by atoms with Crippen LogP contribution in [0.3, 0.4) is 0 Å². The fourth-order valence-electron chi connectivity index (χ4n) is 4.06. The van der Waals surface area contributed by atoms with Gasteiger partial charge in [0.1, 0.15) is 5.69 Å². The molecular formula is C25H24F3N3O2S2. The summed E-state index contributed by atoms with van der Waals surface area (Å²) in [6, 6.07) is 11.8. The van der Waals surface area contributed by atoms with Crippen LogP contribution in [0.5, 0.6) is 0 Å². The third-order valence-corrected chi connectivity index (χ3v) is 7.44. The molecule has 0 aliphatic carbocycles. The molecule has 1 fully saturated rings. The molecule has 1 aliphatic rings. The highest BCUT2D eigenvalue weighted by Gasteiger charge is 2.31. The number of hydrogen-bond donors (Lipinski definition) is 1. The number of rotatable bonds is 6. The minimum absolute atomic E-state index is 0.148. The van der Waals surface area contributed by atoms with E-state index in [-0.39, 0.29) is 17.5 Å². The monoisotopic (exact) mass is 519 g/mol. The zero-order chi connectivity index (χ0) is 25.0. The van der Waals surface area contributed by atoms with E-state index in [1.807, 2.05) is 11.2 Å². The number of alkyl halides is 3. The van der Waals surface area contributed by atoms with Crippen LogP contribution in [0.1, 0.15) is 39.8 Å². The number of carbonyl (C=O) groups is 2. The summed E-state index contributed by atoms with van der Waals surface area (Å²) in [7, 11) is 0. The predicted molar refractivity (Wildman–Crippen MR) is 134 cm³/mol. The Morgan fingerprint density at radius 1 is 1.14 bits per heavy atom. The summed E-state index contributed by atoms with van der Waals surface area (Å²) in [5.74, 6) is 0.403. The first kappa shape index (κ1) is 25.2. The Kier molecular flexibility index (Phi) is 7.81. The Bertz CT molecular complexity index is 1200. The highest BCUT2D eigenvalue weighted by atomic mass is 32.2. The van der Waals surface area contributed by atoms with Crippen LogP contribution < -0.4 is 5.32 Å². The fraction of sp³-hybridized carbons (Fsp3) is 0.320. The van der Waals surface area contributed by atoms with Crippen molar-refractivity contribution in [1.82, 2.24) is 9.88 Å². The number of para-hydroxylation sites is 1. The van der Waals surface area contributed by atoms with Crippen molar-refractivity contribution in [2.75, 3.05) is 30.4 Å². The van der Waals surface area contributed by atoms with Crippen LogP contribution in [0, 0.1) is 0 Å². The maximum atomic E-state index is 13.2. The Balaban J connectivity index is 1.46. The molecule has 4 rings (SSSR count). The first-order valence-electron chi connectivity index (χ1n) is 11.1. The lowest BCUT2D eigenvalue weighted by atomic mass is 9.97. The Morgan fingerprint density at radius 3 is 2.60 bits per heavy atom. The number of carbonyl (C=O) groups excluding carboxylic acids is 2. The lowest BCUT2D eigenvalue weighted by molar-refractivity contribution is -0.137. The standard InChI is InChI=1S/C25H24F3N3O2S2/c1-34-15-22(32)31-11-9-16(10-12-31)24-30-21(14-35-24)23(33)29-20-8-3-2-7-19(20)17-5-4-6-18(13-17)25(26,27)28/h2-8,13-14,16H,9-12,15H2,1H3,(H,29,33). The minimum atomic E-state index is -4.45. The molecule has 2 amide bonds. The molecular weight excluding hydrogens is 495 g/mol. The first-order valence-corrected chi connectivity index (χ1v) is 13.3. The normalized spacial score (nSPS) is 14.7. The van der Waals surface area contributed by atoms with Crippen LogP contribution in [0.4, 0.5) is 18.9 Å². The van der Waals surface area contributed by atoms with Gasteiger partial charge in [-0.25, -0.2) is 4.98 Å². The Hall–Kier alpha value is -2.85. The molecule has 184 valence electrons. The first-order chi connectivity index (χ1) is 16.8. The van der Waals surface area contributed by atoms with Gasteiger partial charge in [-0.05, 0) is 42.9 Å².